The lowest BCUT2D eigenvalue weighted by atomic mass is 10.1. The van der Waals surface area contributed by atoms with E-state index in [-0.39, 0.29) is 4.90 Å². The summed E-state index contributed by atoms with van der Waals surface area (Å²) in [6, 6.07) is 10.8. The van der Waals surface area contributed by atoms with Crippen LogP contribution in [0.1, 0.15) is 0 Å². The molecule has 0 fully saturated rings. The van der Waals surface area contributed by atoms with Crippen LogP contribution in [0.4, 0.5) is 5.69 Å². The summed E-state index contributed by atoms with van der Waals surface area (Å²) >= 11 is 0. The van der Waals surface area contributed by atoms with E-state index in [1.54, 1.807) is 12.1 Å². The molecule has 4 nitrogen and oxygen atoms in total. The van der Waals surface area contributed by atoms with Crippen LogP contribution in [0.3, 0.4) is 0 Å². The highest BCUT2D eigenvalue weighted by atomic mass is 35.7. The molecular formula is C15H19ClN2O2S. The molecule has 0 N–H and O–H groups in total. The molecule has 0 aromatic heterocycles. The Morgan fingerprint density at radius 3 is 2.19 bits per heavy atom. The minimum absolute atomic E-state index is 0.157. The van der Waals surface area contributed by atoms with Crippen molar-refractivity contribution < 1.29 is 8.42 Å². The van der Waals surface area contributed by atoms with Gasteiger partial charge in [0.25, 0.3) is 9.05 Å². The third kappa shape index (κ3) is 3.67. The predicted octanol–water partition coefficient (Wildman–Crippen LogP) is 2.77. The van der Waals surface area contributed by atoms with Crippen molar-refractivity contribution in [1.29, 1.82) is 0 Å². The van der Waals surface area contributed by atoms with Crippen LogP contribution in [-0.2, 0) is 9.05 Å². The molecule has 2 aromatic carbocycles. The Bertz CT molecular complexity index is 744. The van der Waals surface area contributed by atoms with Crippen LogP contribution in [0.15, 0.2) is 41.3 Å². The van der Waals surface area contributed by atoms with Gasteiger partial charge in [0.2, 0.25) is 0 Å². The van der Waals surface area contributed by atoms with Crippen molar-refractivity contribution in [3.05, 3.63) is 36.4 Å². The highest BCUT2D eigenvalue weighted by Crippen LogP contribution is 2.31. The molecule has 0 amide bonds. The van der Waals surface area contributed by atoms with Crippen molar-refractivity contribution in [3.8, 4) is 0 Å². The third-order valence-corrected chi connectivity index (χ3v) is 4.80. The first-order valence-corrected chi connectivity index (χ1v) is 8.94. The van der Waals surface area contributed by atoms with E-state index in [1.807, 2.05) is 39.3 Å². The summed E-state index contributed by atoms with van der Waals surface area (Å²) in [5.74, 6) is 0. The van der Waals surface area contributed by atoms with Crippen LogP contribution >= 0.6 is 10.7 Å². The summed E-state index contributed by atoms with van der Waals surface area (Å²) < 4.78 is 23.4. The maximum absolute atomic E-state index is 11.7. The van der Waals surface area contributed by atoms with Gasteiger partial charge >= 0.3 is 0 Å². The molecule has 0 saturated heterocycles. The fraction of sp³-hybridized carbons (Fsp3) is 0.333. The molecule has 0 radical (unpaired) electrons. The molecule has 0 aliphatic heterocycles. The van der Waals surface area contributed by atoms with Gasteiger partial charge in [-0.25, -0.2) is 8.42 Å². The average Bonchev–Trinajstić information content (AvgIpc) is 2.42. The number of rotatable bonds is 5. The second-order valence-electron chi connectivity index (χ2n) is 5.29. The van der Waals surface area contributed by atoms with E-state index in [0.29, 0.717) is 5.39 Å². The quantitative estimate of drug-likeness (QED) is 0.792. The van der Waals surface area contributed by atoms with Gasteiger partial charge in [0.15, 0.2) is 0 Å². The van der Waals surface area contributed by atoms with Crippen LogP contribution < -0.4 is 4.90 Å². The highest BCUT2D eigenvalue weighted by molar-refractivity contribution is 8.14. The number of fused-ring (bicyclic) bond motifs is 1. The lowest BCUT2D eigenvalue weighted by Gasteiger charge is -2.23. The van der Waals surface area contributed by atoms with E-state index in [0.717, 1.165) is 24.2 Å². The van der Waals surface area contributed by atoms with Crippen molar-refractivity contribution in [3.63, 3.8) is 0 Å². The normalized spacial score (nSPS) is 12.0. The van der Waals surface area contributed by atoms with Gasteiger partial charge in [0.05, 0.1) is 4.90 Å². The molecule has 0 saturated carbocycles. The van der Waals surface area contributed by atoms with E-state index in [1.165, 1.54) is 6.07 Å². The number of anilines is 1. The van der Waals surface area contributed by atoms with Gasteiger partial charge in [-0.2, -0.15) is 0 Å². The number of likely N-dealkylation sites (N-methyl/N-ethyl adjacent to an activating group) is 2. The molecule has 0 aliphatic rings. The summed E-state index contributed by atoms with van der Waals surface area (Å²) in [5, 5.41) is 1.54. The fourth-order valence-corrected chi connectivity index (χ4v) is 3.37. The summed E-state index contributed by atoms with van der Waals surface area (Å²) in [5.41, 5.74) is 0.997. The Kier molecular flexibility index (Phi) is 4.76. The number of nitrogens with zero attached hydrogens (tertiary/aromatic N) is 2. The van der Waals surface area contributed by atoms with Crippen LogP contribution in [0, 0.1) is 0 Å². The molecule has 2 rings (SSSR count). The molecule has 6 heteroatoms. The molecular weight excluding hydrogens is 308 g/mol. The zero-order chi connectivity index (χ0) is 15.6. The smallest absolute Gasteiger partial charge is 0.261 e. The van der Waals surface area contributed by atoms with E-state index >= 15 is 0 Å². The maximum Gasteiger partial charge on any atom is 0.261 e. The summed E-state index contributed by atoms with van der Waals surface area (Å²) in [7, 11) is 7.82. The van der Waals surface area contributed by atoms with Crippen molar-refractivity contribution in [2.45, 2.75) is 4.90 Å². The zero-order valence-electron chi connectivity index (χ0n) is 12.4. The SMILES string of the molecule is CN(C)CCN(C)c1cccc2c(S(=O)(=O)Cl)cccc12. The number of hydrogen-bond acceptors (Lipinski definition) is 4. The van der Waals surface area contributed by atoms with Crippen molar-refractivity contribution in [1.82, 2.24) is 4.90 Å². The molecule has 0 unspecified atom stereocenters. The van der Waals surface area contributed by atoms with Gasteiger partial charge in [-0.05, 0) is 26.2 Å². The first-order chi connectivity index (χ1) is 9.80. The second kappa shape index (κ2) is 6.22. The van der Waals surface area contributed by atoms with Gasteiger partial charge in [-0.1, -0.05) is 24.3 Å². The lowest BCUT2D eigenvalue weighted by Crippen LogP contribution is -2.28. The van der Waals surface area contributed by atoms with E-state index < -0.39 is 9.05 Å². The molecule has 0 spiro atoms. The second-order valence-corrected chi connectivity index (χ2v) is 7.83. The third-order valence-electron chi connectivity index (χ3n) is 3.42. The molecule has 0 aliphatic carbocycles. The Hall–Kier alpha value is -1.30. The minimum Gasteiger partial charge on any atom is -0.373 e. The lowest BCUT2D eigenvalue weighted by molar-refractivity contribution is 0.416. The van der Waals surface area contributed by atoms with E-state index in [9.17, 15) is 8.42 Å². The largest absolute Gasteiger partial charge is 0.373 e. The Morgan fingerprint density at radius 2 is 1.57 bits per heavy atom. The van der Waals surface area contributed by atoms with Crippen molar-refractivity contribution in [2.24, 2.45) is 0 Å². The van der Waals surface area contributed by atoms with Crippen molar-refractivity contribution >= 4 is 36.2 Å². The number of hydrogen-bond donors (Lipinski definition) is 0. The van der Waals surface area contributed by atoms with E-state index in [4.69, 9.17) is 10.7 Å². The van der Waals surface area contributed by atoms with Gasteiger partial charge in [-0.3, -0.25) is 0 Å². The van der Waals surface area contributed by atoms with Crippen LogP contribution in [-0.4, -0.2) is 47.6 Å². The van der Waals surface area contributed by atoms with Gasteiger partial charge in [-0.15, -0.1) is 0 Å². The summed E-state index contributed by atoms with van der Waals surface area (Å²) in [6.07, 6.45) is 0. The average molecular weight is 327 g/mol. The maximum atomic E-state index is 11.7. The van der Waals surface area contributed by atoms with Crippen LogP contribution in [0.25, 0.3) is 10.8 Å². The number of halogens is 1. The monoisotopic (exact) mass is 326 g/mol. The molecule has 0 heterocycles. The Balaban J connectivity index is 2.52. The van der Waals surface area contributed by atoms with Crippen LogP contribution in [0.5, 0.6) is 0 Å². The molecule has 0 atom stereocenters. The predicted molar refractivity (Wildman–Crippen MR) is 88.8 cm³/mol. The Morgan fingerprint density at radius 1 is 0.952 bits per heavy atom. The Labute approximate surface area is 130 Å². The fourth-order valence-electron chi connectivity index (χ4n) is 2.28. The highest BCUT2D eigenvalue weighted by Gasteiger charge is 2.16. The molecule has 0 bridgehead atoms. The molecule has 114 valence electrons. The first kappa shape index (κ1) is 16.1. The summed E-state index contributed by atoms with van der Waals surface area (Å²) in [6.45, 7) is 1.77. The number of benzene rings is 2. The standard InChI is InChI=1S/C15H19ClN2O2S/c1-17(2)10-11-18(3)14-8-4-7-13-12(14)6-5-9-15(13)21(16,19)20/h4-9H,10-11H2,1-3H3. The first-order valence-electron chi connectivity index (χ1n) is 6.63. The minimum atomic E-state index is -3.75. The van der Waals surface area contributed by atoms with Gasteiger partial charge in [0, 0.05) is 47.3 Å². The molecule has 2 aromatic rings. The topological polar surface area (TPSA) is 40.6 Å². The van der Waals surface area contributed by atoms with Crippen molar-refractivity contribution in [2.75, 3.05) is 39.1 Å². The molecule has 21 heavy (non-hydrogen) atoms. The zero-order valence-corrected chi connectivity index (χ0v) is 13.9. The van der Waals surface area contributed by atoms with Gasteiger partial charge < -0.3 is 9.80 Å². The summed E-state index contributed by atoms with van der Waals surface area (Å²) in [4.78, 5) is 4.38. The van der Waals surface area contributed by atoms with E-state index in [2.05, 4.69) is 9.80 Å². The van der Waals surface area contributed by atoms with Gasteiger partial charge in [0.1, 0.15) is 0 Å². The van der Waals surface area contributed by atoms with Crippen LogP contribution in [0.2, 0.25) is 0 Å².